The molecule has 0 spiro atoms. The van der Waals surface area contributed by atoms with Crippen LogP contribution >= 0.6 is 11.3 Å². The number of carboxylic acid groups (broad SMARTS) is 1. The van der Waals surface area contributed by atoms with Gasteiger partial charge in [0.15, 0.2) is 5.13 Å². The molecule has 1 heterocycles. The van der Waals surface area contributed by atoms with Crippen molar-refractivity contribution in [1.29, 1.82) is 0 Å². The second-order valence-corrected chi connectivity index (χ2v) is 5.22. The molecule has 6 nitrogen and oxygen atoms in total. The molecule has 0 radical (unpaired) electrons. The highest BCUT2D eigenvalue weighted by Gasteiger charge is 2.12. The Balaban J connectivity index is 2.33. The summed E-state index contributed by atoms with van der Waals surface area (Å²) >= 11 is 1.39. The highest BCUT2D eigenvalue weighted by molar-refractivity contribution is 7.15. The van der Waals surface area contributed by atoms with Gasteiger partial charge in [0.05, 0.1) is 0 Å². The summed E-state index contributed by atoms with van der Waals surface area (Å²) in [5.41, 5.74) is 0. The van der Waals surface area contributed by atoms with Gasteiger partial charge in [-0.05, 0) is 12.8 Å². The molecule has 0 aliphatic heterocycles. The van der Waals surface area contributed by atoms with Crippen molar-refractivity contribution in [3.63, 3.8) is 0 Å². The lowest BCUT2D eigenvalue weighted by atomic mass is 10.0. The summed E-state index contributed by atoms with van der Waals surface area (Å²) < 4.78 is 0. The van der Waals surface area contributed by atoms with Crippen LogP contribution in [0.15, 0.2) is 6.20 Å². The van der Waals surface area contributed by atoms with Crippen molar-refractivity contribution in [3.05, 3.63) is 11.1 Å². The van der Waals surface area contributed by atoms with Gasteiger partial charge in [-0.2, -0.15) is 0 Å². The monoisotopic (exact) mass is 271 g/mol. The lowest BCUT2D eigenvalue weighted by molar-refractivity contribution is -0.138. The fourth-order valence-corrected chi connectivity index (χ4v) is 2.06. The highest BCUT2D eigenvalue weighted by atomic mass is 32.1. The van der Waals surface area contributed by atoms with E-state index in [1.165, 1.54) is 11.3 Å². The quantitative estimate of drug-likeness (QED) is 0.738. The van der Waals surface area contributed by atoms with Gasteiger partial charge >= 0.3 is 12.0 Å². The number of carboxylic acids is 1. The zero-order chi connectivity index (χ0) is 13.5. The molecule has 2 amide bonds. The van der Waals surface area contributed by atoms with E-state index in [1.54, 1.807) is 6.20 Å². The third-order valence-electron chi connectivity index (χ3n) is 2.43. The zero-order valence-electron chi connectivity index (χ0n) is 10.4. The van der Waals surface area contributed by atoms with Gasteiger partial charge in [0, 0.05) is 24.0 Å². The van der Waals surface area contributed by atoms with Crippen LogP contribution in [0, 0.1) is 12.8 Å². The van der Waals surface area contributed by atoms with Crippen molar-refractivity contribution in [3.8, 4) is 0 Å². The number of carbonyl (C=O) groups excluding carboxylic acids is 1. The van der Waals surface area contributed by atoms with Gasteiger partial charge in [0.2, 0.25) is 0 Å². The lowest BCUT2D eigenvalue weighted by Crippen LogP contribution is -2.33. The van der Waals surface area contributed by atoms with E-state index >= 15 is 0 Å². The van der Waals surface area contributed by atoms with Gasteiger partial charge in [-0.25, -0.2) is 9.78 Å². The maximum atomic E-state index is 11.5. The van der Waals surface area contributed by atoms with Crippen LogP contribution in [0.1, 0.15) is 24.6 Å². The SMILES string of the molecule is CCC(CNC(=O)Nc1ncc(C)s1)CC(=O)O. The number of aromatic nitrogens is 1. The van der Waals surface area contributed by atoms with Crippen LogP contribution in [-0.2, 0) is 4.79 Å². The summed E-state index contributed by atoms with van der Waals surface area (Å²) in [6.45, 7) is 4.15. The molecule has 1 aromatic heterocycles. The molecular weight excluding hydrogens is 254 g/mol. The van der Waals surface area contributed by atoms with E-state index in [0.717, 1.165) is 4.88 Å². The van der Waals surface area contributed by atoms with E-state index in [0.29, 0.717) is 18.1 Å². The number of nitrogens with one attached hydrogen (secondary N) is 2. The van der Waals surface area contributed by atoms with Crippen LogP contribution < -0.4 is 10.6 Å². The number of anilines is 1. The van der Waals surface area contributed by atoms with E-state index in [4.69, 9.17) is 5.11 Å². The molecule has 1 aromatic rings. The number of amides is 2. The molecule has 0 aliphatic carbocycles. The fourth-order valence-electron chi connectivity index (χ4n) is 1.40. The largest absolute Gasteiger partial charge is 0.481 e. The molecule has 1 unspecified atom stereocenters. The van der Waals surface area contributed by atoms with Gasteiger partial charge in [0.25, 0.3) is 0 Å². The third kappa shape index (κ3) is 5.13. The first-order valence-electron chi connectivity index (χ1n) is 5.70. The van der Waals surface area contributed by atoms with E-state index in [2.05, 4.69) is 15.6 Å². The van der Waals surface area contributed by atoms with Crippen molar-refractivity contribution >= 4 is 28.5 Å². The summed E-state index contributed by atoms with van der Waals surface area (Å²) in [7, 11) is 0. The summed E-state index contributed by atoms with van der Waals surface area (Å²) in [6.07, 6.45) is 2.45. The molecule has 3 N–H and O–H groups in total. The number of urea groups is 1. The molecule has 1 atom stereocenters. The normalized spacial score (nSPS) is 11.9. The van der Waals surface area contributed by atoms with Crippen LogP contribution in [0.3, 0.4) is 0 Å². The van der Waals surface area contributed by atoms with E-state index in [1.807, 2.05) is 13.8 Å². The Bertz CT molecular complexity index is 419. The molecule has 0 aromatic carbocycles. The number of nitrogens with zero attached hydrogens (tertiary/aromatic N) is 1. The molecule has 0 bridgehead atoms. The minimum absolute atomic E-state index is 0.0497. The highest BCUT2D eigenvalue weighted by Crippen LogP contribution is 2.16. The van der Waals surface area contributed by atoms with Crippen molar-refractivity contribution in [2.24, 2.45) is 5.92 Å². The number of rotatable bonds is 6. The topological polar surface area (TPSA) is 91.3 Å². The van der Waals surface area contributed by atoms with Gasteiger partial charge in [-0.3, -0.25) is 10.1 Å². The summed E-state index contributed by atoms with van der Waals surface area (Å²) in [5.74, 6) is -0.897. The fraction of sp³-hybridized carbons (Fsp3) is 0.545. The Kier molecular flexibility index (Phi) is 5.57. The molecule has 100 valence electrons. The Morgan fingerprint density at radius 2 is 2.28 bits per heavy atom. The molecule has 7 heteroatoms. The molecule has 18 heavy (non-hydrogen) atoms. The predicted molar refractivity (Wildman–Crippen MR) is 69.9 cm³/mol. The molecule has 0 aliphatic rings. The van der Waals surface area contributed by atoms with Gasteiger partial charge in [0.1, 0.15) is 0 Å². The van der Waals surface area contributed by atoms with Crippen molar-refractivity contribution in [1.82, 2.24) is 10.3 Å². The van der Waals surface area contributed by atoms with Crippen molar-refractivity contribution < 1.29 is 14.7 Å². The maximum Gasteiger partial charge on any atom is 0.321 e. The van der Waals surface area contributed by atoms with Crippen LogP contribution in [0.5, 0.6) is 0 Å². The lowest BCUT2D eigenvalue weighted by Gasteiger charge is -2.13. The molecule has 0 saturated heterocycles. The number of hydrogen-bond donors (Lipinski definition) is 3. The number of hydrogen-bond acceptors (Lipinski definition) is 4. The minimum Gasteiger partial charge on any atom is -0.481 e. The summed E-state index contributed by atoms with van der Waals surface area (Å²) in [5, 5.41) is 14.5. The van der Waals surface area contributed by atoms with Crippen LogP contribution in [0.25, 0.3) is 0 Å². The average molecular weight is 271 g/mol. The second kappa shape index (κ2) is 6.95. The minimum atomic E-state index is -0.848. The Labute approximate surface area is 109 Å². The van der Waals surface area contributed by atoms with Crippen LogP contribution in [-0.4, -0.2) is 28.6 Å². The first-order chi connectivity index (χ1) is 8.51. The van der Waals surface area contributed by atoms with Gasteiger partial charge in [-0.1, -0.05) is 13.3 Å². The van der Waals surface area contributed by atoms with E-state index < -0.39 is 5.97 Å². The Morgan fingerprint density at radius 3 is 2.78 bits per heavy atom. The zero-order valence-corrected chi connectivity index (χ0v) is 11.2. The number of aliphatic carboxylic acids is 1. The smallest absolute Gasteiger partial charge is 0.321 e. The molecular formula is C11H17N3O3S. The molecule has 0 fully saturated rings. The van der Waals surface area contributed by atoms with Crippen LogP contribution in [0.4, 0.5) is 9.93 Å². The standard InChI is InChI=1S/C11H17N3O3S/c1-3-8(4-9(15)16)6-12-10(17)14-11-13-5-7(2)18-11/h5,8H,3-4,6H2,1-2H3,(H,15,16)(H2,12,13,14,17). The van der Waals surface area contributed by atoms with Crippen molar-refractivity contribution in [2.45, 2.75) is 26.7 Å². The van der Waals surface area contributed by atoms with E-state index in [-0.39, 0.29) is 18.4 Å². The first kappa shape index (κ1) is 14.4. The maximum absolute atomic E-state index is 11.5. The summed E-state index contributed by atoms with van der Waals surface area (Å²) in [6, 6.07) is -0.354. The number of aryl methyl sites for hydroxylation is 1. The van der Waals surface area contributed by atoms with Crippen molar-refractivity contribution in [2.75, 3.05) is 11.9 Å². The molecule has 1 rings (SSSR count). The van der Waals surface area contributed by atoms with Gasteiger partial charge < -0.3 is 10.4 Å². The van der Waals surface area contributed by atoms with E-state index in [9.17, 15) is 9.59 Å². The molecule has 0 saturated carbocycles. The summed E-state index contributed by atoms with van der Waals surface area (Å²) in [4.78, 5) is 27.1. The third-order valence-corrected chi connectivity index (χ3v) is 3.26. The Morgan fingerprint density at radius 1 is 1.56 bits per heavy atom. The van der Waals surface area contributed by atoms with Crippen LogP contribution in [0.2, 0.25) is 0 Å². The first-order valence-corrected chi connectivity index (χ1v) is 6.52. The number of thiazole rings is 1. The van der Waals surface area contributed by atoms with Gasteiger partial charge in [-0.15, -0.1) is 11.3 Å². The number of carbonyl (C=O) groups is 2. The predicted octanol–water partition coefficient (Wildman–Crippen LogP) is 2.07. The Hall–Kier alpha value is -1.63. The average Bonchev–Trinajstić information content (AvgIpc) is 2.69. The second-order valence-electron chi connectivity index (χ2n) is 3.98.